The zero-order valence-corrected chi connectivity index (χ0v) is 17.7. The highest BCUT2D eigenvalue weighted by Crippen LogP contribution is 2.27. The third kappa shape index (κ3) is 7.37. The van der Waals surface area contributed by atoms with E-state index >= 15 is 0 Å². The van der Waals surface area contributed by atoms with Crippen molar-refractivity contribution in [2.45, 2.75) is 71.9 Å². The van der Waals surface area contributed by atoms with Gasteiger partial charge >= 0.3 is 0 Å². The number of hydrogen-bond acceptors (Lipinski definition) is 3. The molecule has 0 aromatic carbocycles. The van der Waals surface area contributed by atoms with Crippen molar-refractivity contribution in [3.63, 3.8) is 0 Å². The standard InChI is InChI=1S/C17H30N4S.HI/c1-4-6-14-7-9-15(10-8-14)21-17(18-5-2)20-12-16-19-11-13(3)22-16;/h11,14-15H,4-10,12H2,1-3H3,(H2,18,20,21);1H. The molecule has 1 aliphatic rings. The molecule has 1 heterocycles. The summed E-state index contributed by atoms with van der Waals surface area (Å²) >= 11 is 1.73. The Kier molecular flexibility index (Phi) is 10.1. The maximum absolute atomic E-state index is 4.69. The molecule has 0 bridgehead atoms. The number of guanidine groups is 1. The van der Waals surface area contributed by atoms with Gasteiger partial charge in [-0.3, -0.25) is 0 Å². The predicted molar refractivity (Wildman–Crippen MR) is 111 cm³/mol. The van der Waals surface area contributed by atoms with Crippen molar-refractivity contribution in [1.29, 1.82) is 0 Å². The minimum atomic E-state index is 0. The summed E-state index contributed by atoms with van der Waals surface area (Å²) in [4.78, 5) is 10.3. The highest BCUT2D eigenvalue weighted by molar-refractivity contribution is 14.0. The Morgan fingerprint density at radius 3 is 2.61 bits per heavy atom. The smallest absolute Gasteiger partial charge is 0.191 e. The van der Waals surface area contributed by atoms with Gasteiger partial charge in [-0.15, -0.1) is 35.3 Å². The van der Waals surface area contributed by atoms with Gasteiger partial charge < -0.3 is 10.6 Å². The van der Waals surface area contributed by atoms with Crippen LogP contribution in [0.25, 0.3) is 0 Å². The van der Waals surface area contributed by atoms with Crippen molar-refractivity contribution in [1.82, 2.24) is 15.6 Å². The van der Waals surface area contributed by atoms with Crippen molar-refractivity contribution in [3.05, 3.63) is 16.1 Å². The lowest BCUT2D eigenvalue weighted by Gasteiger charge is -2.30. The second kappa shape index (κ2) is 11.2. The van der Waals surface area contributed by atoms with Crippen LogP contribution in [0, 0.1) is 12.8 Å². The summed E-state index contributed by atoms with van der Waals surface area (Å²) in [5.41, 5.74) is 0. The molecule has 4 nitrogen and oxygen atoms in total. The second-order valence-electron chi connectivity index (χ2n) is 6.21. The van der Waals surface area contributed by atoms with E-state index < -0.39 is 0 Å². The molecule has 1 aromatic rings. The Labute approximate surface area is 162 Å². The van der Waals surface area contributed by atoms with E-state index in [1.165, 1.54) is 43.4 Å². The van der Waals surface area contributed by atoms with E-state index in [-0.39, 0.29) is 24.0 Å². The lowest BCUT2D eigenvalue weighted by atomic mass is 9.83. The molecule has 1 fully saturated rings. The average Bonchev–Trinajstić information content (AvgIpc) is 2.93. The molecular formula is C17H31IN4S. The Morgan fingerprint density at radius 2 is 2.04 bits per heavy atom. The Bertz CT molecular complexity index is 467. The quantitative estimate of drug-likeness (QED) is 0.382. The van der Waals surface area contributed by atoms with Crippen molar-refractivity contribution in [2.24, 2.45) is 10.9 Å². The first-order valence-electron chi connectivity index (χ1n) is 8.67. The number of nitrogens with zero attached hydrogens (tertiary/aromatic N) is 2. The minimum absolute atomic E-state index is 0. The molecule has 0 atom stereocenters. The van der Waals surface area contributed by atoms with E-state index in [0.717, 1.165) is 23.4 Å². The number of aliphatic imine (C=N–C) groups is 1. The molecular weight excluding hydrogens is 419 g/mol. The average molecular weight is 450 g/mol. The first kappa shape index (κ1) is 20.7. The molecule has 6 heteroatoms. The Balaban J connectivity index is 0.00000264. The molecule has 1 aliphatic carbocycles. The normalized spacial score (nSPS) is 21.6. The molecule has 2 N–H and O–H groups in total. The fraction of sp³-hybridized carbons (Fsp3) is 0.765. The van der Waals surface area contributed by atoms with Gasteiger partial charge in [0.1, 0.15) is 5.01 Å². The fourth-order valence-electron chi connectivity index (χ4n) is 3.14. The monoisotopic (exact) mass is 450 g/mol. The summed E-state index contributed by atoms with van der Waals surface area (Å²) in [6.45, 7) is 8.06. The number of thiazole rings is 1. The lowest BCUT2D eigenvalue weighted by Crippen LogP contribution is -2.44. The van der Waals surface area contributed by atoms with Crippen molar-refractivity contribution in [2.75, 3.05) is 6.54 Å². The van der Waals surface area contributed by atoms with Gasteiger partial charge in [-0.25, -0.2) is 9.98 Å². The third-order valence-electron chi connectivity index (χ3n) is 4.27. The first-order valence-corrected chi connectivity index (χ1v) is 9.49. The highest BCUT2D eigenvalue weighted by atomic mass is 127. The van der Waals surface area contributed by atoms with E-state index in [0.29, 0.717) is 12.6 Å². The lowest BCUT2D eigenvalue weighted by molar-refractivity contribution is 0.295. The van der Waals surface area contributed by atoms with Crippen LogP contribution in [-0.2, 0) is 6.54 Å². The molecule has 2 rings (SSSR count). The zero-order valence-electron chi connectivity index (χ0n) is 14.6. The van der Waals surface area contributed by atoms with Gasteiger partial charge in [0.15, 0.2) is 5.96 Å². The summed E-state index contributed by atoms with van der Waals surface area (Å²) in [6, 6.07) is 0.573. The van der Waals surface area contributed by atoms with Crippen LogP contribution in [0.15, 0.2) is 11.2 Å². The number of rotatable bonds is 6. The summed E-state index contributed by atoms with van der Waals surface area (Å²) < 4.78 is 0. The minimum Gasteiger partial charge on any atom is -0.357 e. The number of aromatic nitrogens is 1. The van der Waals surface area contributed by atoms with Gasteiger partial charge in [-0.05, 0) is 45.4 Å². The molecule has 132 valence electrons. The Morgan fingerprint density at radius 1 is 1.30 bits per heavy atom. The molecule has 0 spiro atoms. The topological polar surface area (TPSA) is 49.3 Å². The van der Waals surface area contributed by atoms with Crippen molar-refractivity contribution in [3.8, 4) is 0 Å². The number of aryl methyl sites for hydroxylation is 1. The van der Waals surface area contributed by atoms with E-state index in [4.69, 9.17) is 0 Å². The largest absolute Gasteiger partial charge is 0.357 e. The molecule has 0 unspecified atom stereocenters. The zero-order chi connectivity index (χ0) is 15.8. The van der Waals surface area contributed by atoms with Crippen LogP contribution in [0.2, 0.25) is 0 Å². The van der Waals surface area contributed by atoms with Gasteiger partial charge in [0.25, 0.3) is 0 Å². The highest BCUT2D eigenvalue weighted by Gasteiger charge is 2.21. The Hall–Kier alpha value is -0.370. The first-order chi connectivity index (χ1) is 10.7. The molecule has 23 heavy (non-hydrogen) atoms. The van der Waals surface area contributed by atoms with Crippen molar-refractivity contribution >= 4 is 41.3 Å². The van der Waals surface area contributed by atoms with Gasteiger partial charge in [0.2, 0.25) is 0 Å². The van der Waals surface area contributed by atoms with Crippen LogP contribution >= 0.6 is 35.3 Å². The van der Waals surface area contributed by atoms with Gasteiger partial charge in [-0.2, -0.15) is 0 Å². The van der Waals surface area contributed by atoms with Gasteiger partial charge in [0.05, 0.1) is 6.54 Å². The van der Waals surface area contributed by atoms with E-state index in [1.54, 1.807) is 11.3 Å². The molecule has 1 aromatic heterocycles. The number of hydrogen-bond donors (Lipinski definition) is 2. The summed E-state index contributed by atoms with van der Waals surface area (Å²) in [5, 5.41) is 8.06. The van der Waals surface area contributed by atoms with Crippen LogP contribution in [0.5, 0.6) is 0 Å². The predicted octanol–water partition coefficient (Wildman–Crippen LogP) is 4.48. The van der Waals surface area contributed by atoms with Crippen LogP contribution in [0.4, 0.5) is 0 Å². The summed E-state index contributed by atoms with van der Waals surface area (Å²) in [5.74, 6) is 1.88. The second-order valence-corrected chi connectivity index (χ2v) is 7.53. The van der Waals surface area contributed by atoms with Crippen molar-refractivity contribution < 1.29 is 0 Å². The van der Waals surface area contributed by atoms with Crippen LogP contribution in [0.1, 0.15) is 62.3 Å². The molecule has 1 saturated carbocycles. The van der Waals surface area contributed by atoms with Gasteiger partial charge in [0, 0.05) is 23.7 Å². The molecule has 0 radical (unpaired) electrons. The summed E-state index contributed by atoms with van der Waals surface area (Å²) in [6.07, 6.45) is 9.89. The maximum atomic E-state index is 4.69. The van der Waals surface area contributed by atoms with Crippen LogP contribution in [0.3, 0.4) is 0 Å². The molecule has 0 aliphatic heterocycles. The van der Waals surface area contributed by atoms with Crippen LogP contribution < -0.4 is 10.6 Å². The molecule has 0 amide bonds. The summed E-state index contributed by atoms with van der Waals surface area (Å²) in [7, 11) is 0. The maximum Gasteiger partial charge on any atom is 0.191 e. The third-order valence-corrected chi connectivity index (χ3v) is 5.17. The number of nitrogens with one attached hydrogen (secondary N) is 2. The van der Waals surface area contributed by atoms with Gasteiger partial charge in [-0.1, -0.05) is 19.8 Å². The van der Waals surface area contributed by atoms with Crippen LogP contribution in [-0.4, -0.2) is 23.5 Å². The van der Waals surface area contributed by atoms with E-state index in [1.807, 2.05) is 6.20 Å². The fourth-order valence-corrected chi connectivity index (χ4v) is 3.85. The van der Waals surface area contributed by atoms with E-state index in [9.17, 15) is 0 Å². The molecule has 0 saturated heterocycles. The SMILES string of the molecule is CCCC1CCC(NC(=NCc2ncc(C)s2)NCC)CC1.I. The van der Waals surface area contributed by atoms with E-state index in [2.05, 4.69) is 41.4 Å². The number of halogens is 1.